The average molecular weight is 380 g/mol. The molecule has 0 saturated carbocycles. The first-order valence-electron chi connectivity index (χ1n) is 9.90. The van der Waals surface area contributed by atoms with E-state index in [0.717, 1.165) is 55.1 Å². The molecule has 5 heteroatoms. The minimum Gasteiger partial charge on any atom is -0.494 e. The highest BCUT2D eigenvalue weighted by Gasteiger charge is 2.18. The summed E-state index contributed by atoms with van der Waals surface area (Å²) < 4.78 is 5.96. The van der Waals surface area contributed by atoms with Gasteiger partial charge >= 0.3 is 0 Å². The molecule has 2 heterocycles. The number of fused-ring (bicyclic) bond motifs is 3. The van der Waals surface area contributed by atoms with Gasteiger partial charge in [0, 0.05) is 31.8 Å². The molecule has 1 aromatic rings. The molecular weight excluding hydrogens is 350 g/mol. The quantitative estimate of drug-likeness (QED) is 0.742. The number of rotatable bonds is 1. The van der Waals surface area contributed by atoms with Crippen molar-refractivity contribution in [3.05, 3.63) is 60.6 Å². The van der Waals surface area contributed by atoms with E-state index in [1.165, 1.54) is 0 Å². The second-order valence-corrected chi connectivity index (χ2v) is 7.28. The highest BCUT2D eigenvalue weighted by atomic mass is 16.5. The van der Waals surface area contributed by atoms with Crippen LogP contribution in [0.25, 0.3) is 5.57 Å². The van der Waals surface area contributed by atoms with Gasteiger partial charge in [-0.05, 0) is 56.6 Å². The van der Waals surface area contributed by atoms with Crippen LogP contribution in [0.4, 0.5) is 0 Å². The largest absolute Gasteiger partial charge is 0.494 e. The molecule has 0 spiro atoms. The van der Waals surface area contributed by atoms with E-state index in [0.29, 0.717) is 18.7 Å². The Morgan fingerprint density at radius 2 is 2.00 bits per heavy atom. The minimum atomic E-state index is 0.0920. The highest BCUT2D eigenvalue weighted by Crippen LogP contribution is 2.28. The van der Waals surface area contributed by atoms with Crippen molar-refractivity contribution in [1.29, 1.82) is 0 Å². The van der Waals surface area contributed by atoms with Crippen molar-refractivity contribution in [3.63, 3.8) is 0 Å². The van der Waals surface area contributed by atoms with Crippen LogP contribution >= 0.6 is 0 Å². The van der Waals surface area contributed by atoms with Gasteiger partial charge in [-0.3, -0.25) is 4.79 Å². The summed E-state index contributed by atoms with van der Waals surface area (Å²) in [7, 11) is 4.05. The van der Waals surface area contributed by atoms with E-state index >= 15 is 0 Å². The van der Waals surface area contributed by atoms with Crippen molar-refractivity contribution in [2.75, 3.05) is 33.8 Å². The fourth-order valence-electron chi connectivity index (χ4n) is 3.41. The van der Waals surface area contributed by atoms with Crippen LogP contribution in [-0.2, 0) is 4.79 Å². The summed E-state index contributed by atoms with van der Waals surface area (Å²) in [6.45, 7) is 6.62. The van der Waals surface area contributed by atoms with Gasteiger partial charge in [0.15, 0.2) is 5.78 Å². The normalized spacial score (nSPS) is 19.7. The van der Waals surface area contributed by atoms with Gasteiger partial charge < -0.3 is 14.5 Å². The van der Waals surface area contributed by atoms with Crippen molar-refractivity contribution in [3.8, 4) is 5.75 Å². The Morgan fingerprint density at radius 1 is 1.18 bits per heavy atom. The van der Waals surface area contributed by atoms with E-state index in [1.807, 2.05) is 42.4 Å². The van der Waals surface area contributed by atoms with Gasteiger partial charge in [0.25, 0.3) is 0 Å². The number of ketones is 1. The van der Waals surface area contributed by atoms with Crippen molar-refractivity contribution in [2.24, 2.45) is 4.99 Å². The smallest absolute Gasteiger partial charge is 0.181 e. The highest BCUT2D eigenvalue weighted by molar-refractivity contribution is 6.44. The number of ether oxygens (including phenoxy) is 1. The second-order valence-electron chi connectivity index (χ2n) is 7.28. The van der Waals surface area contributed by atoms with E-state index in [-0.39, 0.29) is 5.78 Å². The SMILES string of the molecule is C=CC1=C2N=C(C=CN2C)C(=O)CCCCN(C)CCCOc2cccc1c2. The number of benzene rings is 1. The zero-order valence-electron chi connectivity index (χ0n) is 16.9. The number of nitrogens with zero attached hydrogens (tertiary/aromatic N) is 3. The molecule has 0 saturated heterocycles. The zero-order valence-corrected chi connectivity index (χ0v) is 16.9. The van der Waals surface area contributed by atoms with Crippen molar-refractivity contribution >= 4 is 17.1 Å². The van der Waals surface area contributed by atoms with Crippen molar-refractivity contribution in [2.45, 2.75) is 25.7 Å². The molecule has 2 aliphatic heterocycles. The molecule has 0 N–H and O–H groups in total. The molecular formula is C23H29N3O2. The number of carbonyl (C=O) groups is 1. The monoisotopic (exact) mass is 379 g/mol. The maximum atomic E-state index is 12.6. The fourth-order valence-corrected chi connectivity index (χ4v) is 3.41. The van der Waals surface area contributed by atoms with Gasteiger partial charge in [-0.15, -0.1) is 0 Å². The molecule has 2 aliphatic rings. The van der Waals surface area contributed by atoms with Crippen LogP contribution < -0.4 is 4.74 Å². The second kappa shape index (κ2) is 9.51. The van der Waals surface area contributed by atoms with Gasteiger partial charge in [0.2, 0.25) is 0 Å². The standard InChI is InChI=1S/C23H29N3O2/c1-4-20-18-9-7-10-19(17-18)28-16-8-14-25(2)13-6-5-11-22(27)21-12-15-26(3)23(20)24-21/h4,7,9-10,12,15,17H,1,5-6,8,11,13-14,16H2,2-3H3. The Labute approximate surface area is 167 Å². The molecule has 0 atom stereocenters. The maximum Gasteiger partial charge on any atom is 0.181 e. The molecule has 28 heavy (non-hydrogen) atoms. The Hall–Kier alpha value is -2.66. The summed E-state index contributed by atoms with van der Waals surface area (Å²) in [5, 5.41) is 0. The summed E-state index contributed by atoms with van der Waals surface area (Å²) in [4.78, 5) is 21.5. The number of Topliss-reactive ketones (excluding diaryl/α,β-unsaturated/α-hetero) is 1. The number of hydrogen-bond donors (Lipinski definition) is 0. The van der Waals surface area contributed by atoms with Crippen LogP contribution in [0.15, 0.2) is 60.0 Å². The zero-order chi connectivity index (χ0) is 19.9. The summed E-state index contributed by atoms with van der Waals surface area (Å²) in [6, 6.07) is 7.97. The van der Waals surface area contributed by atoms with Gasteiger partial charge in [0.1, 0.15) is 17.3 Å². The van der Waals surface area contributed by atoms with E-state index in [4.69, 9.17) is 4.74 Å². The molecule has 0 amide bonds. The van der Waals surface area contributed by atoms with E-state index in [1.54, 1.807) is 12.2 Å². The van der Waals surface area contributed by atoms with Gasteiger partial charge in [-0.25, -0.2) is 4.99 Å². The molecule has 0 fully saturated rings. The third-order valence-corrected chi connectivity index (χ3v) is 5.04. The van der Waals surface area contributed by atoms with Crippen LogP contribution in [0, 0.1) is 0 Å². The molecule has 148 valence electrons. The number of aliphatic imine (C=N–C) groups is 1. The Bertz CT molecular complexity index is 823. The van der Waals surface area contributed by atoms with E-state index in [2.05, 4.69) is 23.5 Å². The Morgan fingerprint density at radius 3 is 2.82 bits per heavy atom. The lowest BCUT2D eigenvalue weighted by Gasteiger charge is -2.22. The fraction of sp³-hybridized carbons (Fsp3) is 0.391. The number of carbonyl (C=O) groups excluding carboxylic acids is 1. The van der Waals surface area contributed by atoms with Crippen LogP contribution in [0.1, 0.15) is 31.2 Å². The lowest BCUT2D eigenvalue weighted by Crippen LogP contribution is -2.23. The topological polar surface area (TPSA) is 45.1 Å². The van der Waals surface area contributed by atoms with Crippen LogP contribution in [0.5, 0.6) is 5.75 Å². The minimum absolute atomic E-state index is 0.0920. The van der Waals surface area contributed by atoms with Crippen LogP contribution in [-0.4, -0.2) is 55.1 Å². The average Bonchev–Trinajstić information content (AvgIpc) is 2.70. The molecule has 1 aromatic carbocycles. The molecule has 0 aliphatic carbocycles. The lowest BCUT2D eigenvalue weighted by atomic mass is 10.0. The third kappa shape index (κ3) is 4.98. The first-order valence-corrected chi connectivity index (χ1v) is 9.90. The molecule has 5 nitrogen and oxygen atoms in total. The Balaban J connectivity index is 1.98. The molecule has 0 radical (unpaired) electrons. The van der Waals surface area contributed by atoms with Gasteiger partial charge in [0.05, 0.1) is 6.61 Å². The van der Waals surface area contributed by atoms with Crippen molar-refractivity contribution in [1.82, 2.24) is 9.80 Å². The van der Waals surface area contributed by atoms with Crippen LogP contribution in [0.2, 0.25) is 0 Å². The van der Waals surface area contributed by atoms with E-state index < -0.39 is 0 Å². The number of allylic oxidation sites excluding steroid dienone is 3. The lowest BCUT2D eigenvalue weighted by molar-refractivity contribution is -0.113. The predicted octanol–water partition coefficient (Wildman–Crippen LogP) is 3.90. The molecule has 3 rings (SSSR count). The van der Waals surface area contributed by atoms with Crippen molar-refractivity contribution < 1.29 is 9.53 Å². The third-order valence-electron chi connectivity index (χ3n) is 5.04. The molecule has 0 aromatic heterocycles. The maximum absolute atomic E-state index is 12.6. The first-order chi connectivity index (χ1) is 13.6. The molecule has 4 bridgehead atoms. The van der Waals surface area contributed by atoms with E-state index in [9.17, 15) is 4.79 Å². The van der Waals surface area contributed by atoms with Gasteiger partial charge in [-0.2, -0.15) is 0 Å². The molecule has 0 unspecified atom stereocenters. The summed E-state index contributed by atoms with van der Waals surface area (Å²) >= 11 is 0. The summed E-state index contributed by atoms with van der Waals surface area (Å²) in [6.07, 6.45) is 8.84. The Kier molecular flexibility index (Phi) is 6.82. The van der Waals surface area contributed by atoms with Gasteiger partial charge in [-0.1, -0.05) is 24.8 Å². The summed E-state index contributed by atoms with van der Waals surface area (Å²) in [5.41, 5.74) is 2.37. The first kappa shape index (κ1) is 20.1. The summed E-state index contributed by atoms with van der Waals surface area (Å²) in [5.74, 6) is 1.65. The number of hydrogen-bond acceptors (Lipinski definition) is 5. The predicted molar refractivity (Wildman–Crippen MR) is 114 cm³/mol. The van der Waals surface area contributed by atoms with Crippen LogP contribution in [0.3, 0.4) is 0 Å².